The summed E-state index contributed by atoms with van der Waals surface area (Å²) < 4.78 is 10.9. The summed E-state index contributed by atoms with van der Waals surface area (Å²) >= 11 is 0. The molecule has 3 heterocycles. The van der Waals surface area contributed by atoms with Gasteiger partial charge in [0.2, 0.25) is 6.79 Å². The average molecular weight is 273 g/mol. The normalized spacial score (nSPS) is 35.9. The zero-order chi connectivity index (χ0) is 13.4. The minimum absolute atomic E-state index is 0.0722. The van der Waals surface area contributed by atoms with Crippen LogP contribution < -0.4 is 14.4 Å². The highest BCUT2D eigenvalue weighted by Gasteiger charge is 2.51. The van der Waals surface area contributed by atoms with Crippen LogP contribution in [0.5, 0.6) is 11.5 Å². The zero-order valence-electron chi connectivity index (χ0n) is 10.8. The molecule has 5 rings (SSSR count). The third-order valence-corrected chi connectivity index (χ3v) is 4.99. The fraction of sp³-hybridized carbons (Fsp3) is 0.467. The molecule has 0 radical (unpaired) electrons. The Hall–Kier alpha value is -1.72. The van der Waals surface area contributed by atoms with Crippen LogP contribution in [0.4, 0.5) is 5.69 Å². The number of ether oxygens (including phenoxy) is 2. The SMILES string of the molecule is O[C@H]1[C@H]2c3cc4c(cc3N3CCC(=C[C@@H]1O)[C@H]23)OCO4. The Bertz CT molecular complexity index is 641. The topological polar surface area (TPSA) is 62.2 Å². The van der Waals surface area contributed by atoms with Gasteiger partial charge < -0.3 is 24.6 Å². The molecule has 5 nitrogen and oxygen atoms in total. The predicted molar refractivity (Wildman–Crippen MR) is 71.2 cm³/mol. The van der Waals surface area contributed by atoms with Gasteiger partial charge in [0.25, 0.3) is 0 Å². The molecule has 0 spiro atoms. The summed E-state index contributed by atoms with van der Waals surface area (Å²) in [5.74, 6) is 1.44. The summed E-state index contributed by atoms with van der Waals surface area (Å²) in [5.41, 5.74) is 3.42. The van der Waals surface area contributed by atoms with Gasteiger partial charge in [0, 0.05) is 24.2 Å². The highest BCUT2D eigenvalue weighted by molar-refractivity contribution is 5.72. The Balaban J connectivity index is 1.73. The molecule has 3 aliphatic heterocycles. The van der Waals surface area contributed by atoms with Crippen molar-refractivity contribution in [1.82, 2.24) is 0 Å². The molecule has 4 aliphatic rings. The molecular weight excluding hydrogens is 258 g/mol. The van der Waals surface area contributed by atoms with E-state index in [0.717, 1.165) is 35.7 Å². The van der Waals surface area contributed by atoms with Gasteiger partial charge in [-0.05, 0) is 23.6 Å². The highest BCUT2D eigenvalue weighted by Crippen LogP contribution is 2.54. The second-order valence-corrected chi connectivity index (χ2v) is 5.90. The predicted octanol–water partition coefficient (Wildman–Crippen LogP) is 0.753. The van der Waals surface area contributed by atoms with Gasteiger partial charge in [0.15, 0.2) is 11.5 Å². The maximum Gasteiger partial charge on any atom is 0.231 e. The second kappa shape index (κ2) is 3.48. The molecule has 0 unspecified atom stereocenters. The molecule has 1 aromatic rings. The summed E-state index contributed by atoms with van der Waals surface area (Å²) in [5, 5.41) is 20.5. The van der Waals surface area contributed by atoms with Gasteiger partial charge >= 0.3 is 0 Å². The number of fused-ring (bicyclic) bond motifs is 4. The quantitative estimate of drug-likeness (QED) is 0.683. The van der Waals surface area contributed by atoms with Crippen LogP contribution in [0, 0.1) is 0 Å². The lowest BCUT2D eigenvalue weighted by atomic mass is 9.79. The Kier molecular flexibility index (Phi) is 1.91. The fourth-order valence-electron chi connectivity index (χ4n) is 4.15. The van der Waals surface area contributed by atoms with Crippen LogP contribution in [0.15, 0.2) is 23.8 Å². The molecule has 5 heteroatoms. The van der Waals surface area contributed by atoms with Gasteiger partial charge in [-0.15, -0.1) is 0 Å². The number of rotatable bonds is 0. The van der Waals surface area contributed by atoms with E-state index in [1.54, 1.807) is 0 Å². The second-order valence-electron chi connectivity index (χ2n) is 5.90. The molecular formula is C15H15NO4. The summed E-state index contributed by atoms with van der Waals surface area (Å²) in [4.78, 5) is 2.32. The Morgan fingerprint density at radius 3 is 2.80 bits per heavy atom. The van der Waals surface area contributed by atoms with Gasteiger partial charge in [-0.25, -0.2) is 0 Å². The summed E-state index contributed by atoms with van der Waals surface area (Å²) in [6.07, 6.45) is 1.26. The first-order valence-electron chi connectivity index (χ1n) is 7.01. The lowest BCUT2D eigenvalue weighted by Crippen LogP contribution is -2.43. The van der Waals surface area contributed by atoms with Crippen LogP contribution in [0.2, 0.25) is 0 Å². The summed E-state index contributed by atoms with van der Waals surface area (Å²) in [6.45, 7) is 1.18. The number of hydrogen-bond acceptors (Lipinski definition) is 5. The van der Waals surface area contributed by atoms with Crippen molar-refractivity contribution < 1.29 is 19.7 Å². The van der Waals surface area contributed by atoms with E-state index in [1.165, 1.54) is 5.57 Å². The number of aliphatic hydroxyl groups is 2. The van der Waals surface area contributed by atoms with Crippen molar-refractivity contribution in [1.29, 1.82) is 0 Å². The molecule has 1 fully saturated rings. The van der Waals surface area contributed by atoms with Crippen molar-refractivity contribution in [2.75, 3.05) is 18.2 Å². The van der Waals surface area contributed by atoms with E-state index in [1.807, 2.05) is 18.2 Å². The molecule has 104 valence electrons. The third-order valence-electron chi connectivity index (χ3n) is 4.99. The van der Waals surface area contributed by atoms with Crippen LogP contribution in [-0.4, -0.2) is 41.8 Å². The van der Waals surface area contributed by atoms with Crippen molar-refractivity contribution in [3.8, 4) is 11.5 Å². The first kappa shape index (κ1) is 11.0. The van der Waals surface area contributed by atoms with Crippen LogP contribution in [0.25, 0.3) is 0 Å². The highest BCUT2D eigenvalue weighted by atomic mass is 16.7. The van der Waals surface area contributed by atoms with Crippen LogP contribution >= 0.6 is 0 Å². The van der Waals surface area contributed by atoms with Crippen molar-refractivity contribution in [2.45, 2.75) is 30.6 Å². The largest absolute Gasteiger partial charge is 0.454 e. The minimum Gasteiger partial charge on any atom is -0.454 e. The summed E-state index contributed by atoms with van der Waals surface area (Å²) in [6, 6.07) is 4.17. The van der Waals surface area contributed by atoms with Crippen LogP contribution in [0.3, 0.4) is 0 Å². The first-order chi connectivity index (χ1) is 9.74. The van der Waals surface area contributed by atoms with E-state index in [4.69, 9.17) is 9.47 Å². The fourth-order valence-corrected chi connectivity index (χ4v) is 4.15. The maximum atomic E-state index is 10.4. The van der Waals surface area contributed by atoms with E-state index in [0.29, 0.717) is 0 Å². The minimum atomic E-state index is -0.775. The Morgan fingerprint density at radius 2 is 1.95 bits per heavy atom. The smallest absolute Gasteiger partial charge is 0.231 e. The molecule has 20 heavy (non-hydrogen) atoms. The van der Waals surface area contributed by atoms with Crippen molar-refractivity contribution >= 4 is 5.69 Å². The number of anilines is 1. The molecule has 1 saturated heterocycles. The lowest BCUT2D eigenvalue weighted by molar-refractivity contribution is 0.0216. The molecule has 1 aromatic carbocycles. The van der Waals surface area contributed by atoms with E-state index in [9.17, 15) is 10.2 Å². The van der Waals surface area contributed by atoms with Gasteiger partial charge in [-0.2, -0.15) is 0 Å². The molecule has 0 bridgehead atoms. The number of aliphatic hydroxyl groups excluding tert-OH is 2. The molecule has 0 saturated carbocycles. The van der Waals surface area contributed by atoms with Crippen molar-refractivity contribution in [2.24, 2.45) is 0 Å². The van der Waals surface area contributed by atoms with Gasteiger partial charge in [0.1, 0.15) is 0 Å². The van der Waals surface area contributed by atoms with E-state index < -0.39 is 12.2 Å². The van der Waals surface area contributed by atoms with Crippen LogP contribution in [-0.2, 0) is 0 Å². The molecule has 2 N–H and O–H groups in total. The Morgan fingerprint density at radius 1 is 1.15 bits per heavy atom. The lowest BCUT2D eigenvalue weighted by Gasteiger charge is -2.33. The van der Waals surface area contributed by atoms with Gasteiger partial charge in [-0.1, -0.05) is 6.08 Å². The molecule has 0 aromatic heterocycles. The van der Waals surface area contributed by atoms with E-state index >= 15 is 0 Å². The van der Waals surface area contributed by atoms with E-state index in [-0.39, 0.29) is 18.8 Å². The zero-order valence-corrected chi connectivity index (χ0v) is 10.8. The monoisotopic (exact) mass is 273 g/mol. The Labute approximate surface area is 116 Å². The van der Waals surface area contributed by atoms with Gasteiger partial charge in [0.05, 0.1) is 18.2 Å². The molecule has 0 amide bonds. The van der Waals surface area contributed by atoms with Crippen molar-refractivity contribution in [3.63, 3.8) is 0 Å². The number of benzene rings is 1. The van der Waals surface area contributed by atoms with Gasteiger partial charge in [-0.3, -0.25) is 0 Å². The molecule has 4 atom stereocenters. The maximum absolute atomic E-state index is 10.4. The number of hydrogen-bond donors (Lipinski definition) is 2. The number of nitrogens with zero attached hydrogens (tertiary/aromatic N) is 1. The average Bonchev–Trinajstić information content (AvgIpc) is 3.10. The standard InChI is InChI=1S/C15H15NO4/c17-10-3-7-1-2-16-9-5-12-11(19-6-20-12)4-8(9)13(14(7)16)15(10)18/h3-5,10,13-15,17-18H,1-2,6H2/t10-,13-,14+,15+/m0/s1. The van der Waals surface area contributed by atoms with Crippen molar-refractivity contribution in [3.05, 3.63) is 29.3 Å². The van der Waals surface area contributed by atoms with E-state index in [2.05, 4.69) is 4.90 Å². The summed E-state index contributed by atoms with van der Waals surface area (Å²) in [7, 11) is 0. The third kappa shape index (κ3) is 1.16. The van der Waals surface area contributed by atoms with Crippen LogP contribution in [0.1, 0.15) is 17.9 Å². The first-order valence-corrected chi connectivity index (χ1v) is 7.01. The molecule has 1 aliphatic carbocycles.